The molecule has 3 aromatic heterocycles. The smallest absolute Gasteiger partial charge is 0.168 e. The molecule has 0 saturated heterocycles. The third kappa shape index (κ3) is 3.10. The third-order valence-corrected chi connectivity index (χ3v) is 7.46. The molecule has 0 radical (unpaired) electrons. The number of benzene rings is 5. The molecule has 0 saturated carbocycles. The van der Waals surface area contributed by atoms with Gasteiger partial charge in [0.25, 0.3) is 0 Å². The van der Waals surface area contributed by atoms with E-state index in [2.05, 4.69) is 141 Å². The molecule has 0 unspecified atom stereocenters. The van der Waals surface area contributed by atoms with Crippen LogP contribution in [-0.2, 0) is 0 Å². The summed E-state index contributed by atoms with van der Waals surface area (Å²) < 4.78 is 4.43. The highest BCUT2D eigenvalue weighted by molar-refractivity contribution is 6.09. The van der Waals surface area contributed by atoms with E-state index in [9.17, 15) is 0 Å². The molecule has 0 amide bonds. The molecule has 0 atom stereocenters. The summed E-state index contributed by atoms with van der Waals surface area (Å²) in [7, 11) is 0. The fourth-order valence-corrected chi connectivity index (χ4v) is 5.65. The molecule has 4 nitrogen and oxygen atoms in total. The molecule has 38 heavy (non-hydrogen) atoms. The van der Waals surface area contributed by atoms with Gasteiger partial charge >= 0.3 is 0 Å². The van der Waals surface area contributed by atoms with Gasteiger partial charge in [0.15, 0.2) is 11.5 Å². The van der Waals surface area contributed by atoms with E-state index in [1.165, 1.54) is 27.4 Å². The third-order valence-electron chi connectivity index (χ3n) is 7.46. The summed E-state index contributed by atoms with van der Waals surface area (Å²) >= 11 is 0. The molecule has 0 bridgehead atoms. The number of rotatable bonds is 3. The second kappa shape index (κ2) is 8.15. The monoisotopic (exact) mass is 486 g/mol. The van der Waals surface area contributed by atoms with Crippen LogP contribution in [0.25, 0.3) is 66.4 Å². The van der Waals surface area contributed by atoms with Crippen molar-refractivity contribution in [1.82, 2.24) is 19.2 Å². The van der Waals surface area contributed by atoms with E-state index in [1.807, 2.05) is 12.1 Å². The number of hydrogen-bond acceptors (Lipinski definition) is 2. The summed E-state index contributed by atoms with van der Waals surface area (Å²) in [6.45, 7) is 0. The fraction of sp³-hybridized carbons (Fsp3) is 0. The van der Waals surface area contributed by atoms with Gasteiger partial charge in [-0.3, -0.25) is 4.40 Å². The summed E-state index contributed by atoms with van der Waals surface area (Å²) in [4.78, 5) is 0. The van der Waals surface area contributed by atoms with Gasteiger partial charge in [0.2, 0.25) is 0 Å². The Bertz CT molecular complexity index is 2080. The molecule has 0 fully saturated rings. The van der Waals surface area contributed by atoms with Crippen LogP contribution in [0.15, 0.2) is 134 Å². The Balaban J connectivity index is 1.21. The minimum atomic E-state index is 0.844. The first-order valence-electron chi connectivity index (χ1n) is 12.8. The van der Waals surface area contributed by atoms with Gasteiger partial charge < -0.3 is 4.57 Å². The van der Waals surface area contributed by atoms with E-state index in [-0.39, 0.29) is 0 Å². The number of nitrogens with zero attached hydrogens (tertiary/aromatic N) is 4. The van der Waals surface area contributed by atoms with E-state index >= 15 is 0 Å². The van der Waals surface area contributed by atoms with Crippen molar-refractivity contribution in [2.45, 2.75) is 0 Å². The maximum Gasteiger partial charge on any atom is 0.168 e. The van der Waals surface area contributed by atoms with E-state index in [1.54, 1.807) is 0 Å². The summed E-state index contributed by atoms with van der Waals surface area (Å²) in [5.74, 6) is 0.844. The van der Waals surface area contributed by atoms with Crippen LogP contribution in [0.5, 0.6) is 0 Å². The van der Waals surface area contributed by atoms with Crippen LogP contribution >= 0.6 is 0 Å². The number of aromatic nitrogens is 4. The highest BCUT2D eigenvalue weighted by Gasteiger charge is 2.13. The Morgan fingerprint density at radius 3 is 1.89 bits per heavy atom. The normalized spacial score (nSPS) is 11.7. The quantitative estimate of drug-likeness (QED) is 0.252. The van der Waals surface area contributed by atoms with Gasteiger partial charge in [0.1, 0.15) is 0 Å². The van der Waals surface area contributed by atoms with Crippen LogP contribution < -0.4 is 0 Å². The first-order chi connectivity index (χ1) is 18.8. The standard InChI is InChI=1S/C34H22N4/c1-2-11-28-24(8-1)20-21-37-33(35-36-34(28)37)25-18-16-23(17-19-25)26-9-7-10-27(22-26)38-31-14-5-3-12-29(31)30-13-4-6-15-32(30)38/h1-22H. The van der Waals surface area contributed by atoms with Crippen molar-refractivity contribution in [3.63, 3.8) is 0 Å². The minimum absolute atomic E-state index is 0.844. The Morgan fingerprint density at radius 1 is 0.474 bits per heavy atom. The SMILES string of the molecule is c1cc(-c2ccc(-c3nnc4c5ccccc5ccn34)cc2)cc(-n2c3ccccc3c3ccccc32)c1. The Morgan fingerprint density at radius 2 is 1.13 bits per heavy atom. The molecule has 0 aliphatic rings. The Kier molecular flexibility index (Phi) is 4.49. The summed E-state index contributed by atoms with van der Waals surface area (Å²) in [5, 5.41) is 13.8. The van der Waals surface area contributed by atoms with E-state index in [0.717, 1.165) is 39.1 Å². The molecular formula is C34H22N4. The zero-order valence-corrected chi connectivity index (χ0v) is 20.5. The molecule has 4 heteroatoms. The van der Waals surface area contributed by atoms with Crippen LogP contribution in [0.2, 0.25) is 0 Å². The summed E-state index contributed by atoms with van der Waals surface area (Å²) in [6, 6.07) is 45.0. The van der Waals surface area contributed by atoms with E-state index in [0.29, 0.717) is 0 Å². The average Bonchev–Trinajstić information content (AvgIpc) is 3.57. The molecule has 0 spiro atoms. The number of fused-ring (bicyclic) bond motifs is 6. The predicted octanol–water partition coefficient (Wildman–Crippen LogP) is 8.31. The molecule has 0 N–H and O–H groups in total. The first-order valence-corrected chi connectivity index (χ1v) is 12.8. The lowest BCUT2D eigenvalue weighted by Gasteiger charge is -2.11. The zero-order valence-electron chi connectivity index (χ0n) is 20.5. The molecule has 8 rings (SSSR count). The van der Waals surface area contributed by atoms with Gasteiger partial charge in [0, 0.05) is 33.6 Å². The lowest BCUT2D eigenvalue weighted by atomic mass is 10.0. The number of para-hydroxylation sites is 2. The van der Waals surface area contributed by atoms with Gasteiger partial charge in [-0.25, -0.2) is 0 Å². The van der Waals surface area contributed by atoms with Crippen molar-refractivity contribution in [2.24, 2.45) is 0 Å². The predicted molar refractivity (Wildman–Crippen MR) is 156 cm³/mol. The number of hydrogen-bond donors (Lipinski definition) is 0. The van der Waals surface area contributed by atoms with Crippen LogP contribution in [-0.4, -0.2) is 19.2 Å². The van der Waals surface area contributed by atoms with Gasteiger partial charge in [-0.2, -0.15) is 0 Å². The van der Waals surface area contributed by atoms with E-state index in [4.69, 9.17) is 0 Å². The second-order valence-corrected chi connectivity index (χ2v) is 9.62. The molecule has 5 aromatic carbocycles. The Hall–Kier alpha value is -5.22. The van der Waals surface area contributed by atoms with Crippen LogP contribution in [0.3, 0.4) is 0 Å². The van der Waals surface area contributed by atoms with Gasteiger partial charge in [-0.1, -0.05) is 97.1 Å². The molecule has 8 aromatic rings. The largest absolute Gasteiger partial charge is 0.309 e. The molecule has 3 heterocycles. The van der Waals surface area contributed by atoms with Crippen LogP contribution in [0.4, 0.5) is 0 Å². The topological polar surface area (TPSA) is 35.1 Å². The summed E-state index contributed by atoms with van der Waals surface area (Å²) in [5.41, 5.74) is 7.83. The lowest BCUT2D eigenvalue weighted by molar-refractivity contribution is 1.11. The second-order valence-electron chi connectivity index (χ2n) is 9.62. The van der Waals surface area contributed by atoms with Crippen molar-refractivity contribution in [2.75, 3.05) is 0 Å². The highest BCUT2D eigenvalue weighted by Crippen LogP contribution is 2.33. The average molecular weight is 487 g/mol. The van der Waals surface area contributed by atoms with Crippen LogP contribution in [0.1, 0.15) is 0 Å². The van der Waals surface area contributed by atoms with Gasteiger partial charge in [-0.15, -0.1) is 10.2 Å². The molecule has 0 aliphatic heterocycles. The number of pyridine rings is 1. The molecule has 0 aliphatic carbocycles. The Labute approximate surface area is 219 Å². The van der Waals surface area contributed by atoms with Gasteiger partial charge in [-0.05, 0) is 46.8 Å². The highest BCUT2D eigenvalue weighted by atomic mass is 15.2. The van der Waals surface area contributed by atoms with Gasteiger partial charge in [0.05, 0.1) is 11.0 Å². The van der Waals surface area contributed by atoms with Crippen molar-refractivity contribution in [3.8, 4) is 28.2 Å². The maximum atomic E-state index is 4.53. The van der Waals surface area contributed by atoms with Crippen molar-refractivity contribution in [3.05, 3.63) is 134 Å². The maximum absolute atomic E-state index is 4.53. The minimum Gasteiger partial charge on any atom is -0.309 e. The van der Waals surface area contributed by atoms with Crippen LogP contribution in [0, 0.1) is 0 Å². The summed E-state index contributed by atoms with van der Waals surface area (Å²) in [6.07, 6.45) is 2.05. The van der Waals surface area contributed by atoms with Crippen molar-refractivity contribution < 1.29 is 0 Å². The first kappa shape index (κ1) is 20.9. The van der Waals surface area contributed by atoms with E-state index < -0.39 is 0 Å². The molecular weight excluding hydrogens is 464 g/mol. The molecule has 178 valence electrons. The zero-order chi connectivity index (χ0) is 25.1. The fourth-order valence-electron chi connectivity index (χ4n) is 5.65. The van der Waals surface area contributed by atoms with Crippen molar-refractivity contribution in [1.29, 1.82) is 0 Å². The lowest BCUT2D eigenvalue weighted by Crippen LogP contribution is -1.94. The van der Waals surface area contributed by atoms with Crippen molar-refractivity contribution >= 4 is 38.2 Å².